The molecule has 2 N–H and O–H groups in total. The zero-order valence-electron chi connectivity index (χ0n) is 16.6. The molecule has 0 spiro atoms. The fourth-order valence-corrected chi connectivity index (χ4v) is 4.09. The molecule has 0 aliphatic carbocycles. The molecule has 2 aliphatic heterocycles. The van der Waals surface area contributed by atoms with Gasteiger partial charge in [-0.3, -0.25) is 14.9 Å². The maximum Gasteiger partial charge on any atom is 0.407 e. The number of benzene rings is 1. The van der Waals surface area contributed by atoms with E-state index in [0.29, 0.717) is 18.7 Å². The first-order valence-corrected chi connectivity index (χ1v) is 9.75. The molecule has 0 aromatic heterocycles. The summed E-state index contributed by atoms with van der Waals surface area (Å²) >= 11 is 0. The van der Waals surface area contributed by atoms with Crippen LogP contribution in [-0.4, -0.2) is 46.6 Å². The van der Waals surface area contributed by atoms with Gasteiger partial charge in [-0.05, 0) is 41.9 Å². The molecule has 2 heterocycles. The van der Waals surface area contributed by atoms with Gasteiger partial charge in [0.1, 0.15) is 5.75 Å². The van der Waals surface area contributed by atoms with E-state index in [1.807, 2.05) is 24.3 Å². The van der Waals surface area contributed by atoms with Gasteiger partial charge in [-0.25, -0.2) is 4.79 Å². The number of carboxylic acid groups (broad SMARTS) is 1. The van der Waals surface area contributed by atoms with Crippen molar-refractivity contribution >= 4 is 17.9 Å². The minimum Gasteiger partial charge on any atom is -0.481 e. The van der Waals surface area contributed by atoms with E-state index in [0.717, 1.165) is 18.4 Å². The SMILES string of the molecule is CC(C)(C)C1CC(c2ccc(OC3CCC(=O)NC3=O)cc2)CCN1C(=O)O. The third-order valence-electron chi connectivity index (χ3n) is 5.67. The van der Waals surface area contributed by atoms with Crippen molar-refractivity contribution in [2.24, 2.45) is 5.41 Å². The van der Waals surface area contributed by atoms with E-state index in [1.54, 1.807) is 4.90 Å². The van der Waals surface area contributed by atoms with Gasteiger partial charge in [0.15, 0.2) is 6.10 Å². The summed E-state index contributed by atoms with van der Waals surface area (Å²) in [6, 6.07) is 7.62. The number of likely N-dealkylation sites (tertiary alicyclic amines) is 1. The maximum atomic E-state index is 11.8. The van der Waals surface area contributed by atoms with Crippen molar-refractivity contribution in [3.05, 3.63) is 29.8 Å². The van der Waals surface area contributed by atoms with E-state index < -0.39 is 18.1 Å². The van der Waals surface area contributed by atoms with Crippen LogP contribution in [0.2, 0.25) is 0 Å². The lowest BCUT2D eigenvalue weighted by Gasteiger charge is -2.44. The minimum atomic E-state index is -0.855. The number of carbonyl (C=O) groups is 3. The maximum absolute atomic E-state index is 11.8. The van der Waals surface area contributed by atoms with E-state index in [4.69, 9.17) is 4.74 Å². The quantitative estimate of drug-likeness (QED) is 0.776. The summed E-state index contributed by atoms with van der Waals surface area (Å²) in [5, 5.41) is 11.8. The zero-order valence-corrected chi connectivity index (χ0v) is 16.6. The predicted octanol–water partition coefficient (Wildman–Crippen LogP) is 3.14. The van der Waals surface area contributed by atoms with Gasteiger partial charge in [0.2, 0.25) is 5.91 Å². The Kier molecular flexibility index (Phi) is 5.63. The summed E-state index contributed by atoms with van der Waals surface area (Å²) in [6.07, 6.45) is 0.729. The molecule has 7 heteroatoms. The van der Waals surface area contributed by atoms with Crippen LogP contribution in [0.1, 0.15) is 57.9 Å². The summed E-state index contributed by atoms with van der Waals surface area (Å²) in [5.41, 5.74) is 1.02. The lowest BCUT2D eigenvalue weighted by atomic mass is 9.75. The Labute approximate surface area is 165 Å². The highest BCUT2D eigenvalue weighted by Crippen LogP contribution is 2.39. The van der Waals surface area contributed by atoms with Gasteiger partial charge in [-0.2, -0.15) is 0 Å². The third-order valence-corrected chi connectivity index (χ3v) is 5.67. The Balaban J connectivity index is 1.67. The van der Waals surface area contributed by atoms with Crippen molar-refractivity contribution in [3.63, 3.8) is 0 Å². The molecular formula is C21H28N2O5. The molecule has 3 unspecified atom stereocenters. The van der Waals surface area contributed by atoms with E-state index >= 15 is 0 Å². The number of hydrogen-bond donors (Lipinski definition) is 2. The van der Waals surface area contributed by atoms with Gasteiger partial charge in [0.05, 0.1) is 0 Å². The highest BCUT2D eigenvalue weighted by molar-refractivity contribution is 5.99. The Bertz CT molecular complexity index is 753. The highest BCUT2D eigenvalue weighted by atomic mass is 16.5. The normalized spacial score (nSPS) is 26.0. The molecule has 3 amide bonds. The van der Waals surface area contributed by atoms with Crippen molar-refractivity contribution in [3.8, 4) is 5.75 Å². The Hall–Kier alpha value is -2.57. The van der Waals surface area contributed by atoms with Crippen LogP contribution >= 0.6 is 0 Å². The van der Waals surface area contributed by atoms with E-state index in [9.17, 15) is 19.5 Å². The van der Waals surface area contributed by atoms with E-state index in [2.05, 4.69) is 26.1 Å². The molecule has 0 radical (unpaired) electrons. The first kappa shape index (κ1) is 20.2. The summed E-state index contributed by atoms with van der Waals surface area (Å²) in [5.74, 6) is 0.216. The van der Waals surface area contributed by atoms with Crippen LogP contribution in [-0.2, 0) is 9.59 Å². The lowest BCUT2D eigenvalue weighted by Crippen LogP contribution is -2.51. The molecule has 152 valence electrons. The smallest absolute Gasteiger partial charge is 0.407 e. The zero-order chi connectivity index (χ0) is 20.5. The number of rotatable bonds is 3. The number of ether oxygens (including phenoxy) is 1. The molecule has 1 aromatic carbocycles. The summed E-state index contributed by atoms with van der Waals surface area (Å²) in [6.45, 7) is 6.75. The molecule has 0 saturated carbocycles. The number of nitrogens with one attached hydrogen (secondary N) is 1. The van der Waals surface area contributed by atoms with Crippen LogP contribution in [0.4, 0.5) is 4.79 Å². The third kappa shape index (κ3) is 4.46. The molecule has 7 nitrogen and oxygen atoms in total. The largest absolute Gasteiger partial charge is 0.481 e. The first-order valence-electron chi connectivity index (χ1n) is 9.75. The summed E-state index contributed by atoms with van der Waals surface area (Å²) < 4.78 is 5.73. The highest BCUT2D eigenvalue weighted by Gasteiger charge is 2.39. The van der Waals surface area contributed by atoms with Crippen LogP contribution in [0.15, 0.2) is 24.3 Å². The van der Waals surface area contributed by atoms with Gasteiger partial charge < -0.3 is 14.7 Å². The average molecular weight is 388 g/mol. The van der Waals surface area contributed by atoms with Crippen molar-refractivity contribution in [1.29, 1.82) is 0 Å². The number of hydrogen-bond acceptors (Lipinski definition) is 4. The van der Waals surface area contributed by atoms with E-state index in [-0.39, 0.29) is 29.7 Å². The van der Waals surface area contributed by atoms with Crippen molar-refractivity contribution in [2.75, 3.05) is 6.54 Å². The van der Waals surface area contributed by atoms with Gasteiger partial charge in [0.25, 0.3) is 5.91 Å². The van der Waals surface area contributed by atoms with Gasteiger partial charge in [0, 0.05) is 25.4 Å². The number of carbonyl (C=O) groups excluding carboxylic acids is 2. The Morgan fingerprint density at radius 3 is 2.43 bits per heavy atom. The lowest BCUT2D eigenvalue weighted by molar-refractivity contribution is -0.138. The molecule has 28 heavy (non-hydrogen) atoms. The summed E-state index contributed by atoms with van der Waals surface area (Å²) in [4.78, 5) is 36.2. The second-order valence-electron chi connectivity index (χ2n) is 8.71. The van der Waals surface area contributed by atoms with Crippen molar-refractivity contribution in [1.82, 2.24) is 10.2 Å². The fraction of sp³-hybridized carbons (Fsp3) is 0.571. The standard InChI is InChI=1S/C21H28N2O5/c1-21(2,3)17-12-14(10-11-23(17)20(26)27)13-4-6-15(7-5-13)28-16-8-9-18(24)22-19(16)25/h4-7,14,16-17H,8-12H2,1-3H3,(H,26,27)(H,22,24,25). The minimum absolute atomic E-state index is 0.0388. The predicted molar refractivity (Wildman–Crippen MR) is 103 cm³/mol. The average Bonchev–Trinajstić information content (AvgIpc) is 2.63. The van der Waals surface area contributed by atoms with E-state index in [1.165, 1.54) is 0 Å². The number of nitrogens with zero attached hydrogens (tertiary/aromatic N) is 1. The number of piperidine rings is 2. The van der Waals surface area contributed by atoms with Crippen LogP contribution in [0.25, 0.3) is 0 Å². The van der Waals surface area contributed by atoms with Gasteiger partial charge in [-0.15, -0.1) is 0 Å². The first-order chi connectivity index (χ1) is 13.1. The second-order valence-corrected chi connectivity index (χ2v) is 8.71. The molecular weight excluding hydrogens is 360 g/mol. The van der Waals surface area contributed by atoms with Gasteiger partial charge in [-0.1, -0.05) is 32.9 Å². The Morgan fingerprint density at radius 1 is 1.18 bits per heavy atom. The van der Waals surface area contributed by atoms with Crippen LogP contribution < -0.4 is 10.1 Å². The monoisotopic (exact) mass is 388 g/mol. The van der Waals surface area contributed by atoms with Crippen LogP contribution in [0, 0.1) is 5.41 Å². The van der Waals surface area contributed by atoms with Crippen LogP contribution in [0.5, 0.6) is 5.75 Å². The summed E-state index contributed by atoms with van der Waals surface area (Å²) in [7, 11) is 0. The molecule has 2 saturated heterocycles. The molecule has 2 aliphatic rings. The molecule has 3 rings (SSSR count). The molecule has 2 fully saturated rings. The van der Waals surface area contributed by atoms with Crippen LogP contribution in [0.3, 0.4) is 0 Å². The number of imide groups is 1. The topological polar surface area (TPSA) is 95.9 Å². The van der Waals surface area contributed by atoms with Crippen molar-refractivity contribution < 1.29 is 24.2 Å². The fourth-order valence-electron chi connectivity index (χ4n) is 4.09. The molecule has 1 aromatic rings. The Morgan fingerprint density at radius 2 is 1.86 bits per heavy atom. The van der Waals surface area contributed by atoms with Gasteiger partial charge >= 0.3 is 6.09 Å². The van der Waals surface area contributed by atoms with Crippen molar-refractivity contribution in [2.45, 2.75) is 64.5 Å². The molecule has 3 atom stereocenters. The molecule has 0 bridgehead atoms. The number of amides is 3. The second kappa shape index (κ2) is 7.81.